The fourth-order valence-electron chi connectivity index (χ4n) is 1.16. The van der Waals surface area contributed by atoms with Crippen LogP contribution in [0.15, 0.2) is 28.0 Å². The number of hydrogen-bond donors (Lipinski definition) is 2. The van der Waals surface area contributed by atoms with Crippen molar-refractivity contribution in [1.29, 1.82) is 0 Å². The van der Waals surface area contributed by atoms with Crippen molar-refractivity contribution < 1.29 is 8.42 Å². The fourth-order valence-corrected chi connectivity index (χ4v) is 2.53. The third-order valence-corrected chi connectivity index (χ3v) is 4.81. The van der Waals surface area contributed by atoms with Crippen LogP contribution in [0.2, 0.25) is 0 Å². The quantitative estimate of drug-likeness (QED) is 0.805. The molecule has 5 nitrogen and oxygen atoms in total. The number of H-pyrrole nitrogens is 1. The van der Waals surface area contributed by atoms with Crippen LogP contribution in [0.25, 0.3) is 0 Å². The van der Waals surface area contributed by atoms with Crippen molar-refractivity contribution in [2.75, 3.05) is 12.8 Å². The molecule has 0 aliphatic heterocycles. The Labute approximate surface area is 105 Å². The third-order valence-electron chi connectivity index (χ3n) is 2.31. The van der Waals surface area contributed by atoms with E-state index in [0.717, 1.165) is 6.42 Å². The van der Waals surface area contributed by atoms with Gasteiger partial charge in [-0.25, -0.2) is 13.1 Å². The molecular weight excluding hydrogens is 260 g/mol. The van der Waals surface area contributed by atoms with Gasteiger partial charge in [-0.2, -0.15) is 11.8 Å². The van der Waals surface area contributed by atoms with E-state index in [1.165, 1.54) is 18.3 Å². The molecule has 1 atom stereocenters. The first-order chi connectivity index (χ1) is 7.95. The van der Waals surface area contributed by atoms with Crippen molar-refractivity contribution in [3.8, 4) is 0 Å². The van der Waals surface area contributed by atoms with Crippen LogP contribution in [0.4, 0.5) is 0 Å². The summed E-state index contributed by atoms with van der Waals surface area (Å²) in [5.41, 5.74) is -0.319. The van der Waals surface area contributed by atoms with Crippen LogP contribution < -0.4 is 10.3 Å². The molecule has 0 fully saturated rings. The topological polar surface area (TPSA) is 79.0 Å². The van der Waals surface area contributed by atoms with E-state index in [-0.39, 0.29) is 10.5 Å². The standard InChI is InChI=1S/C10H16N2O3S2/c1-8(16-2)5-6-12-17(14,15)9-3-4-10(13)11-7-9/h3-4,7-8,12H,5-6H2,1-2H3,(H,11,13). The molecule has 0 aromatic carbocycles. The highest BCUT2D eigenvalue weighted by Crippen LogP contribution is 2.09. The van der Waals surface area contributed by atoms with Crippen molar-refractivity contribution in [2.24, 2.45) is 0 Å². The van der Waals surface area contributed by atoms with Gasteiger partial charge in [0.2, 0.25) is 15.6 Å². The molecule has 1 rings (SSSR count). The van der Waals surface area contributed by atoms with Crippen molar-refractivity contribution in [2.45, 2.75) is 23.5 Å². The van der Waals surface area contributed by atoms with Gasteiger partial charge in [-0.15, -0.1) is 0 Å². The second-order valence-corrected chi connectivity index (χ2v) is 6.66. The predicted molar refractivity (Wildman–Crippen MR) is 69.8 cm³/mol. The Bertz CT molecular complexity index is 490. The summed E-state index contributed by atoms with van der Waals surface area (Å²) in [4.78, 5) is 13.2. The summed E-state index contributed by atoms with van der Waals surface area (Å²) in [5, 5.41) is 0.410. The average molecular weight is 276 g/mol. The summed E-state index contributed by atoms with van der Waals surface area (Å²) in [6.45, 7) is 2.43. The number of aromatic amines is 1. The lowest BCUT2D eigenvalue weighted by atomic mass is 10.3. The second kappa shape index (κ2) is 6.23. The summed E-state index contributed by atoms with van der Waals surface area (Å²) < 4.78 is 26.0. The van der Waals surface area contributed by atoms with E-state index in [2.05, 4.69) is 9.71 Å². The van der Waals surface area contributed by atoms with Gasteiger partial charge in [0.15, 0.2) is 0 Å². The van der Waals surface area contributed by atoms with E-state index in [1.54, 1.807) is 11.8 Å². The molecule has 1 aromatic rings. The number of hydrogen-bond acceptors (Lipinski definition) is 4. The van der Waals surface area contributed by atoms with Gasteiger partial charge in [-0.3, -0.25) is 4.79 Å². The summed E-state index contributed by atoms with van der Waals surface area (Å²) in [7, 11) is -3.51. The van der Waals surface area contributed by atoms with Crippen molar-refractivity contribution in [3.63, 3.8) is 0 Å². The summed E-state index contributed by atoms with van der Waals surface area (Å²) in [6.07, 6.45) is 3.95. The van der Waals surface area contributed by atoms with Crippen LogP contribution in [-0.2, 0) is 10.0 Å². The van der Waals surface area contributed by atoms with Crippen LogP contribution in [-0.4, -0.2) is 31.5 Å². The molecule has 17 heavy (non-hydrogen) atoms. The number of sulfonamides is 1. The molecule has 0 radical (unpaired) electrons. The van der Waals surface area contributed by atoms with E-state index in [1.807, 2.05) is 13.2 Å². The Morgan fingerprint density at radius 2 is 2.18 bits per heavy atom. The fraction of sp³-hybridized carbons (Fsp3) is 0.500. The molecule has 1 aromatic heterocycles. The first-order valence-electron chi connectivity index (χ1n) is 5.17. The van der Waals surface area contributed by atoms with Crippen LogP contribution >= 0.6 is 11.8 Å². The predicted octanol–water partition coefficient (Wildman–Crippen LogP) is 0.795. The van der Waals surface area contributed by atoms with Gasteiger partial charge in [0.1, 0.15) is 0 Å². The molecule has 7 heteroatoms. The Hall–Kier alpha value is -0.790. The highest BCUT2D eigenvalue weighted by atomic mass is 32.2. The normalized spacial score (nSPS) is 13.5. The molecule has 0 aliphatic carbocycles. The van der Waals surface area contributed by atoms with Crippen molar-refractivity contribution in [3.05, 3.63) is 28.7 Å². The van der Waals surface area contributed by atoms with E-state index in [4.69, 9.17) is 0 Å². The zero-order chi connectivity index (χ0) is 12.9. The minimum absolute atomic E-state index is 0.0777. The molecule has 0 bridgehead atoms. The monoisotopic (exact) mass is 276 g/mol. The Morgan fingerprint density at radius 3 is 2.71 bits per heavy atom. The molecule has 0 saturated heterocycles. The maximum absolute atomic E-state index is 11.8. The van der Waals surface area contributed by atoms with Crippen molar-refractivity contribution >= 4 is 21.8 Å². The molecule has 96 valence electrons. The van der Waals surface area contributed by atoms with Gasteiger partial charge < -0.3 is 4.98 Å². The maximum atomic E-state index is 11.8. The highest BCUT2D eigenvalue weighted by molar-refractivity contribution is 7.99. The Balaban J connectivity index is 2.63. The Kier molecular flexibility index (Phi) is 5.23. The first-order valence-corrected chi connectivity index (χ1v) is 7.94. The summed E-state index contributed by atoms with van der Waals surface area (Å²) in [6, 6.07) is 2.48. The van der Waals surface area contributed by atoms with Gasteiger partial charge in [0.05, 0.1) is 4.90 Å². The number of aromatic nitrogens is 1. The van der Waals surface area contributed by atoms with Gasteiger partial charge in [0, 0.05) is 24.1 Å². The number of pyridine rings is 1. The molecule has 0 spiro atoms. The number of rotatable bonds is 6. The lowest BCUT2D eigenvalue weighted by Crippen LogP contribution is -2.26. The smallest absolute Gasteiger partial charge is 0.247 e. The number of thioether (sulfide) groups is 1. The van der Waals surface area contributed by atoms with Crippen LogP contribution in [0.5, 0.6) is 0 Å². The molecule has 0 aliphatic rings. The molecule has 1 heterocycles. The van der Waals surface area contributed by atoms with Gasteiger partial charge in [-0.1, -0.05) is 6.92 Å². The van der Waals surface area contributed by atoms with Crippen molar-refractivity contribution in [1.82, 2.24) is 9.71 Å². The van der Waals surface area contributed by atoms with Crippen LogP contribution in [0.1, 0.15) is 13.3 Å². The lowest BCUT2D eigenvalue weighted by Gasteiger charge is -2.09. The Morgan fingerprint density at radius 1 is 1.47 bits per heavy atom. The minimum atomic E-state index is -3.51. The third kappa shape index (κ3) is 4.53. The highest BCUT2D eigenvalue weighted by Gasteiger charge is 2.13. The van der Waals surface area contributed by atoms with Gasteiger partial charge >= 0.3 is 0 Å². The largest absolute Gasteiger partial charge is 0.328 e. The minimum Gasteiger partial charge on any atom is -0.328 e. The second-order valence-electron chi connectivity index (χ2n) is 3.62. The van der Waals surface area contributed by atoms with Gasteiger partial charge in [-0.05, 0) is 18.7 Å². The first kappa shape index (κ1) is 14.3. The van der Waals surface area contributed by atoms with Crippen LogP contribution in [0.3, 0.4) is 0 Å². The molecule has 2 N–H and O–H groups in total. The maximum Gasteiger partial charge on any atom is 0.247 e. The molecule has 1 unspecified atom stereocenters. The van der Waals surface area contributed by atoms with Gasteiger partial charge in [0.25, 0.3) is 0 Å². The molecule has 0 amide bonds. The SMILES string of the molecule is CSC(C)CCNS(=O)(=O)c1ccc(=O)[nH]c1. The number of nitrogens with one attached hydrogen (secondary N) is 2. The van der Waals surface area contributed by atoms with E-state index in [0.29, 0.717) is 11.8 Å². The van der Waals surface area contributed by atoms with E-state index in [9.17, 15) is 13.2 Å². The average Bonchev–Trinajstić information content (AvgIpc) is 2.29. The van der Waals surface area contributed by atoms with Crippen LogP contribution in [0, 0.1) is 0 Å². The van der Waals surface area contributed by atoms with E-state index >= 15 is 0 Å². The zero-order valence-corrected chi connectivity index (χ0v) is 11.4. The summed E-state index contributed by atoms with van der Waals surface area (Å²) in [5.74, 6) is 0. The zero-order valence-electron chi connectivity index (χ0n) is 9.76. The van der Waals surface area contributed by atoms with E-state index < -0.39 is 10.0 Å². The molecule has 0 saturated carbocycles. The summed E-state index contributed by atoms with van der Waals surface area (Å²) >= 11 is 1.69. The molecular formula is C10H16N2O3S2. The lowest BCUT2D eigenvalue weighted by molar-refractivity contribution is 0.578.